The lowest BCUT2D eigenvalue weighted by Crippen LogP contribution is -2.23. The highest BCUT2D eigenvalue weighted by Gasteiger charge is 2.08. The van der Waals surface area contributed by atoms with Gasteiger partial charge in [0.25, 0.3) is 11.1 Å². The first-order chi connectivity index (χ1) is 12.1. The molecule has 2 heterocycles. The molecule has 0 aliphatic carbocycles. The van der Waals surface area contributed by atoms with Gasteiger partial charge in [-0.2, -0.15) is 0 Å². The maximum atomic E-state index is 12.5. The molecule has 0 aliphatic heterocycles. The van der Waals surface area contributed by atoms with Crippen LogP contribution in [0.1, 0.15) is 5.56 Å². The largest absolute Gasteiger partial charge is 0.351 e. The zero-order valence-electron chi connectivity index (χ0n) is 13.6. The molecule has 4 rings (SSSR count). The number of aromatic nitrogens is 3. The molecule has 6 heteroatoms. The Kier molecular flexibility index (Phi) is 3.57. The van der Waals surface area contributed by atoms with E-state index in [-0.39, 0.29) is 17.7 Å². The predicted octanol–water partition coefficient (Wildman–Crippen LogP) is 2.39. The van der Waals surface area contributed by atoms with E-state index in [2.05, 4.69) is 15.3 Å². The van der Waals surface area contributed by atoms with Crippen LogP contribution in [0.25, 0.3) is 21.8 Å². The second-order valence-corrected chi connectivity index (χ2v) is 5.88. The summed E-state index contributed by atoms with van der Waals surface area (Å²) >= 11 is 0. The van der Waals surface area contributed by atoms with Crippen LogP contribution in [0.15, 0.2) is 64.2 Å². The van der Waals surface area contributed by atoms with Gasteiger partial charge in [0, 0.05) is 19.2 Å². The molecule has 0 aliphatic rings. The van der Waals surface area contributed by atoms with Crippen molar-refractivity contribution in [3.8, 4) is 0 Å². The Morgan fingerprint density at radius 2 is 1.84 bits per heavy atom. The fourth-order valence-electron chi connectivity index (χ4n) is 2.97. The molecular weight excluding hydrogens is 316 g/mol. The normalized spacial score (nSPS) is 11.1. The summed E-state index contributed by atoms with van der Waals surface area (Å²) in [6.45, 7) is 0.277. The Bertz CT molecular complexity index is 1210. The number of nitrogens with one attached hydrogen (secondary N) is 2. The van der Waals surface area contributed by atoms with Gasteiger partial charge in [-0.3, -0.25) is 14.6 Å². The van der Waals surface area contributed by atoms with Crippen LogP contribution < -0.4 is 16.4 Å². The maximum Gasteiger partial charge on any atom is 0.260 e. The third kappa shape index (κ3) is 2.67. The molecule has 0 saturated heterocycles. The molecule has 2 aromatic heterocycles. The van der Waals surface area contributed by atoms with E-state index in [9.17, 15) is 9.59 Å². The molecule has 0 radical (unpaired) electrons. The van der Waals surface area contributed by atoms with Crippen LogP contribution >= 0.6 is 0 Å². The first kappa shape index (κ1) is 15.1. The maximum absolute atomic E-state index is 12.5. The summed E-state index contributed by atoms with van der Waals surface area (Å²) in [7, 11) is 1.75. The molecule has 2 N–H and O–H groups in total. The van der Waals surface area contributed by atoms with Crippen molar-refractivity contribution < 1.29 is 0 Å². The number of benzene rings is 2. The van der Waals surface area contributed by atoms with Crippen LogP contribution in [-0.2, 0) is 13.6 Å². The number of aryl methyl sites for hydroxylation is 1. The van der Waals surface area contributed by atoms with Crippen LogP contribution in [0.2, 0.25) is 0 Å². The van der Waals surface area contributed by atoms with Crippen LogP contribution in [0, 0.1) is 0 Å². The molecule has 124 valence electrons. The summed E-state index contributed by atoms with van der Waals surface area (Å²) in [6, 6.07) is 16.7. The summed E-state index contributed by atoms with van der Waals surface area (Å²) < 4.78 is 1.63. The van der Waals surface area contributed by atoms with Gasteiger partial charge >= 0.3 is 0 Å². The molecule has 0 amide bonds. The van der Waals surface area contributed by atoms with Crippen molar-refractivity contribution in [3.63, 3.8) is 0 Å². The van der Waals surface area contributed by atoms with E-state index < -0.39 is 0 Å². The first-order valence-electron chi connectivity index (χ1n) is 7.94. The van der Waals surface area contributed by atoms with E-state index in [0.29, 0.717) is 22.4 Å². The van der Waals surface area contributed by atoms with E-state index >= 15 is 0 Å². The van der Waals surface area contributed by atoms with Crippen LogP contribution in [0.5, 0.6) is 0 Å². The van der Waals surface area contributed by atoms with E-state index in [1.54, 1.807) is 29.8 Å². The molecule has 0 spiro atoms. The SMILES string of the molecule is Cn1c(=O)c(CNc2nc3ccccc3c(=O)[nH]2)cc2ccccc21. The molecule has 0 fully saturated rings. The Morgan fingerprint density at radius 3 is 2.72 bits per heavy atom. The first-order valence-corrected chi connectivity index (χ1v) is 7.94. The quantitative estimate of drug-likeness (QED) is 0.604. The number of hydrogen-bond donors (Lipinski definition) is 2. The Balaban J connectivity index is 1.70. The summed E-state index contributed by atoms with van der Waals surface area (Å²) in [5, 5.41) is 4.57. The summed E-state index contributed by atoms with van der Waals surface area (Å²) in [5.41, 5.74) is 1.82. The Labute approximate surface area is 142 Å². The summed E-state index contributed by atoms with van der Waals surface area (Å²) in [6.07, 6.45) is 0. The van der Waals surface area contributed by atoms with Crippen LogP contribution in [-0.4, -0.2) is 14.5 Å². The number of nitrogens with zero attached hydrogens (tertiary/aromatic N) is 2. The molecule has 4 aromatic rings. The number of fused-ring (bicyclic) bond motifs is 2. The molecular formula is C19H16N4O2. The molecule has 0 atom stereocenters. The van der Waals surface area contributed by atoms with Gasteiger partial charge in [0.1, 0.15) is 0 Å². The summed E-state index contributed by atoms with van der Waals surface area (Å²) in [5.74, 6) is 0.346. The average Bonchev–Trinajstić information content (AvgIpc) is 2.63. The van der Waals surface area contributed by atoms with Gasteiger partial charge in [-0.25, -0.2) is 4.98 Å². The highest BCUT2D eigenvalue weighted by molar-refractivity contribution is 5.80. The third-order valence-corrected chi connectivity index (χ3v) is 4.27. The number of pyridine rings is 1. The Hall–Kier alpha value is -3.41. The lowest BCUT2D eigenvalue weighted by atomic mass is 10.1. The third-order valence-electron chi connectivity index (χ3n) is 4.27. The number of aromatic amines is 1. The van der Waals surface area contributed by atoms with Crippen LogP contribution in [0.4, 0.5) is 5.95 Å². The standard InChI is InChI=1S/C19H16N4O2/c1-23-16-9-5-2-6-12(16)10-13(18(23)25)11-20-19-21-15-8-4-3-7-14(15)17(24)22-19/h2-10H,11H2,1H3,(H2,20,21,22,24). The van der Waals surface area contributed by atoms with Crippen molar-refractivity contribution in [1.29, 1.82) is 0 Å². The average molecular weight is 332 g/mol. The number of rotatable bonds is 3. The zero-order valence-corrected chi connectivity index (χ0v) is 13.6. The smallest absolute Gasteiger partial charge is 0.260 e. The minimum absolute atomic E-state index is 0.0747. The van der Waals surface area contributed by atoms with Gasteiger partial charge in [-0.1, -0.05) is 30.3 Å². The van der Waals surface area contributed by atoms with E-state index in [1.165, 1.54) is 0 Å². The minimum atomic E-state index is -0.209. The highest BCUT2D eigenvalue weighted by atomic mass is 16.1. The molecule has 2 aromatic carbocycles. The van der Waals surface area contributed by atoms with Gasteiger partial charge in [-0.15, -0.1) is 0 Å². The molecule has 0 saturated carbocycles. The van der Waals surface area contributed by atoms with E-state index in [4.69, 9.17) is 0 Å². The van der Waals surface area contributed by atoms with Gasteiger partial charge in [0.15, 0.2) is 0 Å². The number of hydrogen-bond acceptors (Lipinski definition) is 4. The number of H-pyrrole nitrogens is 1. The molecule has 0 unspecified atom stereocenters. The van der Waals surface area contributed by atoms with Crippen molar-refractivity contribution >= 4 is 27.8 Å². The topological polar surface area (TPSA) is 79.8 Å². The molecule has 25 heavy (non-hydrogen) atoms. The van der Waals surface area contributed by atoms with Gasteiger partial charge < -0.3 is 9.88 Å². The van der Waals surface area contributed by atoms with Crippen molar-refractivity contribution in [2.75, 3.05) is 5.32 Å². The lowest BCUT2D eigenvalue weighted by molar-refractivity contribution is 0.876. The second kappa shape index (κ2) is 5.90. The predicted molar refractivity (Wildman–Crippen MR) is 98.9 cm³/mol. The minimum Gasteiger partial charge on any atom is -0.351 e. The molecule has 0 bridgehead atoms. The Morgan fingerprint density at radius 1 is 1.08 bits per heavy atom. The van der Waals surface area contributed by atoms with E-state index in [1.807, 2.05) is 36.4 Å². The van der Waals surface area contributed by atoms with Gasteiger partial charge in [-0.05, 0) is 29.7 Å². The molecule has 6 nitrogen and oxygen atoms in total. The fraction of sp³-hybridized carbons (Fsp3) is 0.105. The number of anilines is 1. The second-order valence-electron chi connectivity index (χ2n) is 5.88. The van der Waals surface area contributed by atoms with Gasteiger partial charge in [0.2, 0.25) is 5.95 Å². The monoisotopic (exact) mass is 332 g/mol. The zero-order chi connectivity index (χ0) is 17.4. The van der Waals surface area contributed by atoms with Crippen molar-refractivity contribution in [1.82, 2.24) is 14.5 Å². The van der Waals surface area contributed by atoms with Crippen molar-refractivity contribution in [2.45, 2.75) is 6.54 Å². The van der Waals surface area contributed by atoms with Crippen molar-refractivity contribution in [2.24, 2.45) is 7.05 Å². The van der Waals surface area contributed by atoms with Crippen LogP contribution in [0.3, 0.4) is 0 Å². The highest BCUT2D eigenvalue weighted by Crippen LogP contribution is 2.13. The number of para-hydroxylation sites is 2. The lowest BCUT2D eigenvalue weighted by Gasteiger charge is -2.10. The summed E-state index contributed by atoms with van der Waals surface area (Å²) in [4.78, 5) is 31.7. The van der Waals surface area contributed by atoms with E-state index in [0.717, 1.165) is 10.9 Å². The van der Waals surface area contributed by atoms with Crippen molar-refractivity contribution in [3.05, 3.63) is 80.9 Å². The van der Waals surface area contributed by atoms with Gasteiger partial charge in [0.05, 0.1) is 16.4 Å². The fourth-order valence-corrected chi connectivity index (χ4v) is 2.97.